The van der Waals surface area contributed by atoms with Gasteiger partial charge in [-0.05, 0) is 70.1 Å². The lowest BCUT2D eigenvalue weighted by molar-refractivity contribution is 0.0965. The summed E-state index contributed by atoms with van der Waals surface area (Å²) in [5.74, 6) is 0.762. The number of Topliss-reactive ketones (excluding diaryl/α,β-unsaturated/α-hetero) is 1. The number of carbonyl (C=O) groups is 2. The van der Waals surface area contributed by atoms with Gasteiger partial charge in [0.1, 0.15) is 5.03 Å². The molecule has 1 saturated heterocycles. The number of carbonyl (C=O) groups excluding carboxylic acids is 2. The molecule has 1 aromatic heterocycles. The average Bonchev–Trinajstić information content (AvgIpc) is 3.80. The number of hydrogen-bond acceptors (Lipinski definition) is 8. The van der Waals surface area contributed by atoms with Crippen LogP contribution in [-0.4, -0.2) is 65.7 Å². The van der Waals surface area contributed by atoms with E-state index in [9.17, 15) is 9.59 Å². The molecule has 3 heterocycles. The molecule has 2 aliphatic heterocycles. The molecule has 40 heavy (non-hydrogen) atoms. The highest BCUT2D eigenvalue weighted by Crippen LogP contribution is 2.40. The summed E-state index contributed by atoms with van der Waals surface area (Å²) in [4.78, 5) is 41.8. The lowest BCUT2D eigenvalue weighted by atomic mass is 9.99. The van der Waals surface area contributed by atoms with Crippen LogP contribution in [0.15, 0.2) is 47.6 Å². The molecule has 3 aromatic rings. The van der Waals surface area contributed by atoms with Gasteiger partial charge in [0.2, 0.25) is 5.95 Å². The third-order valence-electron chi connectivity index (χ3n) is 7.77. The van der Waals surface area contributed by atoms with E-state index in [0.717, 1.165) is 55.7 Å². The van der Waals surface area contributed by atoms with Crippen LogP contribution in [0.4, 0.5) is 23.0 Å². The maximum atomic E-state index is 13.3. The summed E-state index contributed by atoms with van der Waals surface area (Å²) in [5.41, 5.74) is 3.37. The number of thioether (sulfide) groups is 1. The zero-order chi connectivity index (χ0) is 28.0. The minimum Gasteiger partial charge on any atom is -0.371 e. The number of hydrogen-bond donors (Lipinski definition) is 1. The van der Waals surface area contributed by atoms with Gasteiger partial charge >= 0.3 is 0 Å². The molecule has 0 radical (unpaired) electrons. The summed E-state index contributed by atoms with van der Waals surface area (Å²) >= 11 is 14.1. The Balaban J connectivity index is 1.23. The second kappa shape index (κ2) is 11.2. The number of piperidine rings is 1. The normalized spacial score (nSPS) is 17.8. The highest BCUT2D eigenvalue weighted by molar-refractivity contribution is 7.99. The molecule has 0 spiro atoms. The maximum Gasteiger partial charge on any atom is 0.263 e. The first kappa shape index (κ1) is 27.3. The van der Waals surface area contributed by atoms with Crippen LogP contribution in [0, 0.1) is 5.92 Å². The smallest absolute Gasteiger partial charge is 0.263 e. The molecule has 1 amide bonds. The highest BCUT2D eigenvalue weighted by Gasteiger charge is 2.34. The van der Waals surface area contributed by atoms with E-state index in [1.54, 1.807) is 23.1 Å². The van der Waals surface area contributed by atoms with Crippen LogP contribution in [-0.2, 0) is 0 Å². The van der Waals surface area contributed by atoms with E-state index in [1.165, 1.54) is 18.0 Å². The largest absolute Gasteiger partial charge is 0.371 e. The second-order valence-electron chi connectivity index (χ2n) is 10.7. The second-order valence-corrected chi connectivity index (χ2v) is 12.4. The molecule has 1 saturated carbocycles. The fourth-order valence-electron chi connectivity index (χ4n) is 5.33. The van der Waals surface area contributed by atoms with Gasteiger partial charge in [-0.3, -0.25) is 14.5 Å². The van der Waals surface area contributed by atoms with Crippen LogP contribution in [0.5, 0.6) is 0 Å². The number of halogens is 2. The first-order valence-corrected chi connectivity index (χ1v) is 15.2. The van der Waals surface area contributed by atoms with Crippen molar-refractivity contribution in [3.63, 3.8) is 0 Å². The lowest BCUT2D eigenvalue weighted by Crippen LogP contribution is -2.42. The molecule has 1 aliphatic carbocycles. The van der Waals surface area contributed by atoms with E-state index in [1.807, 2.05) is 18.2 Å². The van der Waals surface area contributed by atoms with Crippen molar-refractivity contribution in [3.05, 3.63) is 63.8 Å². The zero-order valence-electron chi connectivity index (χ0n) is 22.4. The van der Waals surface area contributed by atoms with Gasteiger partial charge in [-0.15, -0.1) is 0 Å². The Morgan fingerprint density at radius 2 is 1.80 bits per heavy atom. The van der Waals surface area contributed by atoms with E-state index in [-0.39, 0.29) is 17.6 Å². The Kier molecular flexibility index (Phi) is 7.65. The van der Waals surface area contributed by atoms with Gasteiger partial charge in [0, 0.05) is 48.2 Å². The van der Waals surface area contributed by atoms with Crippen LogP contribution in [0.2, 0.25) is 10.0 Å². The summed E-state index contributed by atoms with van der Waals surface area (Å²) in [6, 6.07) is 11.7. The summed E-state index contributed by atoms with van der Waals surface area (Å²) < 4.78 is 0. The molecule has 2 aromatic carbocycles. The minimum atomic E-state index is -0.255. The minimum absolute atomic E-state index is 0.116. The molecule has 3 aliphatic rings. The predicted octanol–water partition coefficient (Wildman–Crippen LogP) is 6.36. The molecule has 208 valence electrons. The van der Waals surface area contributed by atoms with Gasteiger partial charge in [0.15, 0.2) is 5.78 Å². The maximum absolute atomic E-state index is 13.3. The van der Waals surface area contributed by atoms with E-state index in [4.69, 9.17) is 23.2 Å². The Bertz CT molecular complexity index is 1450. The van der Waals surface area contributed by atoms with Crippen molar-refractivity contribution in [1.29, 1.82) is 0 Å². The van der Waals surface area contributed by atoms with Crippen molar-refractivity contribution in [2.24, 2.45) is 5.92 Å². The Hall–Kier alpha value is -2.85. The number of anilines is 4. The summed E-state index contributed by atoms with van der Waals surface area (Å²) in [6.45, 7) is 1.85. The Labute approximate surface area is 248 Å². The van der Waals surface area contributed by atoms with Crippen LogP contribution in [0.25, 0.3) is 0 Å². The van der Waals surface area contributed by atoms with Crippen LogP contribution >= 0.6 is 35.0 Å². The van der Waals surface area contributed by atoms with E-state index in [0.29, 0.717) is 44.2 Å². The molecule has 2 fully saturated rings. The standard InChI is InChI=1S/C29H30Cl2N6O2S/c1-35(2)19-10-12-36(13-11-19)24-9-8-18(14-20(24)26(38)17-6-7-17)33-29-32-15-21-27(34-29)40-16-37(28(21)39)25-22(30)4-3-5-23(25)31/h3-5,8-9,14-15,17,19H,6-7,10-13,16H2,1-2H3,(H,32,33,34). The van der Waals surface area contributed by atoms with Crippen LogP contribution in [0.3, 0.4) is 0 Å². The quantitative estimate of drug-likeness (QED) is 0.249. The van der Waals surface area contributed by atoms with Gasteiger partial charge < -0.3 is 15.1 Å². The lowest BCUT2D eigenvalue weighted by Gasteiger charge is -2.37. The summed E-state index contributed by atoms with van der Waals surface area (Å²) in [6.07, 6.45) is 5.58. The van der Waals surface area contributed by atoms with Crippen LogP contribution in [0.1, 0.15) is 46.4 Å². The Morgan fingerprint density at radius 1 is 1.07 bits per heavy atom. The van der Waals surface area contributed by atoms with Gasteiger partial charge in [-0.2, -0.15) is 0 Å². The number of aromatic nitrogens is 2. The molecule has 0 unspecified atom stereocenters. The number of nitrogens with zero attached hydrogens (tertiary/aromatic N) is 5. The van der Waals surface area contributed by atoms with E-state index < -0.39 is 0 Å². The van der Waals surface area contributed by atoms with Gasteiger partial charge in [-0.1, -0.05) is 41.0 Å². The fraction of sp³-hybridized carbons (Fsp3) is 0.379. The van der Waals surface area contributed by atoms with Crippen molar-refractivity contribution >= 4 is 69.7 Å². The number of nitrogens with one attached hydrogen (secondary N) is 1. The molecule has 11 heteroatoms. The number of rotatable bonds is 7. The molecule has 6 rings (SSSR count). The van der Waals surface area contributed by atoms with Crippen molar-refractivity contribution in [2.75, 3.05) is 48.2 Å². The van der Waals surface area contributed by atoms with Crippen molar-refractivity contribution in [3.8, 4) is 0 Å². The van der Waals surface area contributed by atoms with Crippen molar-refractivity contribution in [1.82, 2.24) is 14.9 Å². The first-order chi connectivity index (χ1) is 19.3. The highest BCUT2D eigenvalue weighted by atomic mass is 35.5. The molecule has 8 nitrogen and oxygen atoms in total. The fourth-order valence-corrected chi connectivity index (χ4v) is 6.88. The van der Waals surface area contributed by atoms with Gasteiger partial charge in [-0.25, -0.2) is 9.97 Å². The molecule has 0 bridgehead atoms. The third kappa shape index (κ3) is 5.40. The van der Waals surface area contributed by atoms with E-state index in [2.05, 4.69) is 39.2 Å². The van der Waals surface area contributed by atoms with Crippen molar-refractivity contribution < 1.29 is 9.59 Å². The third-order valence-corrected chi connectivity index (χ3v) is 9.35. The zero-order valence-corrected chi connectivity index (χ0v) is 24.7. The van der Waals surface area contributed by atoms with E-state index >= 15 is 0 Å². The molecule has 0 atom stereocenters. The molecule has 1 N–H and O–H groups in total. The molecular formula is C29H30Cl2N6O2S. The van der Waals surface area contributed by atoms with Gasteiger partial charge in [0.25, 0.3) is 5.91 Å². The predicted molar refractivity (Wildman–Crippen MR) is 162 cm³/mol. The van der Waals surface area contributed by atoms with Crippen molar-refractivity contribution in [2.45, 2.75) is 36.8 Å². The topological polar surface area (TPSA) is 81.7 Å². The average molecular weight is 598 g/mol. The van der Waals surface area contributed by atoms with Crippen LogP contribution < -0.4 is 15.1 Å². The number of fused-ring (bicyclic) bond motifs is 1. The Morgan fingerprint density at radius 3 is 2.48 bits per heavy atom. The number of ketones is 1. The number of amides is 1. The summed E-state index contributed by atoms with van der Waals surface area (Å²) in [5, 5.41) is 4.65. The molecular weight excluding hydrogens is 567 g/mol. The number of benzene rings is 2. The van der Waals surface area contributed by atoms with Gasteiger partial charge in [0.05, 0.1) is 27.2 Å². The monoisotopic (exact) mass is 596 g/mol. The summed E-state index contributed by atoms with van der Waals surface area (Å²) in [7, 11) is 4.26. The first-order valence-electron chi connectivity index (χ1n) is 13.4. The number of para-hydroxylation sites is 1. The SMILES string of the molecule is CN(C)C1CCN(c2ccc(Nc3ncc4c(n3)SCN(c3c(Cl)cccc3Cl)C4=O)cc2C(=O)C2CC2)CC1.